The van der Waals surface area contributed by atoms with E-state index >= 15 is 0 Å². The van der Waals surface area contributed by atoms with Gasteiger partial charge in [-0.3, -0.25) is 19.5 Å². The Hall–Kier alpha value is -3.33. The number of hydrogen-bond donors (Lipinski definition) is 1. The van der Waals surface area contributed by atoms with Crippen molar-refractivity contribution in [1.29, 1.82) is 0 Å². The van der Waals surface area contributed by atoms with Gasteiger partial charge in [-0.25, -0.2) is 4.98 Å². The highest BCUT2D eigenvalue weighted by Gasteiger charge is 2.21. The molecule has 1 unspecified atom stereocenters. The van der Waals surface area contributed by atoms with Crippen LogP contribution in [-0.4, -0.2) is 32.7 Å². The van der Waals surface area contributed by atoms with Gasteiger partial charge in [0, 0.05) is 24.1 Å². The van der Waals surface area contributed by atoms with Crippen LogP contribution in [0.15, 0.2) is 66.1 Å². The molecule has 0 saturated heterocycles. The summed E-state index contributed by atoms with van der Waals surface area (Å²) in [6, 6.07) is 13.5. The minimum atomic E-state index is -0.524. The molecule has 28 heavy (non-hydrogen) atoms. The zero-order chi connectivity index (χ0) is 20.1. The zero-order valence-electron chi connectivity index (χ0n) is 15.2. The lowest BCUT2D eigenvalue weighted by atomic mass is 10.2. The molecule has 0 bridgehead atoms. The highest BCUT2D eigenvalue weighted by Crippen LogP contribution is 2.28. The van der Waals surface area contributed by atoms with Crippen molar-refractivity contribution in [2.45, 2.75) is 17.3 Å². The number of carbonyl (C=O) groups excluding carboxylic acids is 1. The Labute approximate surface area is 165 Å². The van der Waals surface area contributed by atoms with E-state index in [1.54, 1.807) is 38.6 Å². The normalized spacial score (nSPS) is 11.6. The van der Waals surface area contributed by atoms with Crippen molar-refractivity contribution in [2.24, 2.45) is 0 Å². The van der Waals surface area contributed by atoms with Gasteiger partial charge in [-0.05, 0) is 37.3 Å². The Morgan fingerprint density at radius 3 is 2.64 bits per heavy atom. The van der Waals surface area contributed by atoms with Crippen molar-refractivity contribution < 1.29 is 14.5 Å². The standard InChI is InChI=1S/C19H18N4O4S/c1-13(18(24)21-16-5-3-4-6-17(16)23(25)26)28-19-20-11-12-22(19)14-7-9-15(27-2)10-8-14/h3-13H,1-2H3,(H,21,24). The van der Waals surface area contributed by atoms with Gasteiger partial charge in [0.05, 0.1) is 17.3 Å². The lowest BCUT2D eigenvalue weighted by Gasteiger charge is -2.13. The van der Waals surface area contributed by atoms with Gasteiger partial charge in [-0.15, -0.1) is 0 Å². The molecule has 0 aliphatic heterocycles. The van der Waals surface area contributed by atoms with Gasteiger partial charge in [-0.2, -0.15) is 0 Å². The third-order valence-corrected chi connectivity index (χ3v) is 5.05. The van der Waals surface area contributed by atoms with Crippen LogP contribution in [0.1, 0.15) is 6.92 Å². The number of nitro benzene ring substituents is 1. The molecule has 8 nitrogen and oxygen atoms in total. The zero-order valence-corrected chi connectivity index (χ0v) is 16.1. The molecule has 144 valence electrons. The topological polar surface area (TPSA) is 99.3 Å². The Morgan fingerprint density at radius 2 is 1.96 bits per heavy atom. The first-order valence-corrected chi connectivity index (χ1v) is 9.26. The van der Waals surface area contributed by atoms with Crippen molar-refractivity contribution in [3.8, 4) is 11.4 Å². The fourth-order valence-corrected chi connectivity index (χ4v) is 3.38. The van der Waals surface area contributed by atoms with Crippen LogP contribution < -0.4 is 10.1 Å². The molecule has 0 fully saturated rings. The van der Waals surface area contributed by atoms with E-state index in [4.69, 9.17) is 4.74 Å². The van der Waals surface area contributed by atoms with Gasteiger partial charge in [0.25, 0.3) is 5.69 Å². The average molecular weight is 398 g/mol. The smallest absolute Gasteiger partial charge is 0.292 e. The quantitative estimate of drug-likeness (QED) is 0.368. The van der Waals surface area contributed by atoms with Gasteiger partial charge in [-0.1, -0.05) is 23.9 Å². The number of methoxy groups -OCH3 is 1. The van der Waals surface area contributed by atoms with E-state index in [0.29, 0.717) is 5.16 Å². The lowest BCUT2D eigenvalue weighted by Crippen LogP contribution is -2.23. The molecule has 0 radical (unpaired) electrons. The van der Waals surface area contributed by atoms with Crippen LogP contribution in [0.25, 0.3) is 5.69 Å². The molecule has 2 aromatic carbocycles. The maximum atomic E-state index is 12.5. The summed E-state index contributed by atoms with van der Waals surface area (Å²) in [5, 5.41) is 13.8. The average Bonchev–Trinajstić information content (AvgIpc) is 3.16. The van der Waals surface area contributed by atoms with Crippen molar-refractivity contribution >= 4 is 29.0 Å². The molecule has 3 rings (SSSR count). The van der Waals surface area contributed by atoms with Crippen LogP contribution in [0.2, 0.25) is 0 Å². The number of anilines is 1. The molecule has 9 heteroatoms. The number of aromatic nitrogens is 2. The third-order valence-electron chi connectivity index (χ3n) is 3.97. The highest BCUT2D eigenvalue weighted by molar-refractivity contribution is 8.00. The molecule has 1 atom stereocenters. The maximum Gasteiger partial charge on any atom is 0.292 e. The van der Waals surface area contributed by atoms with Crippen molar-refractivity contribution in [2.75, 3.05) is 12.4 Å². The first-order valence-electron chi connectivity index (χ1n) is 8.38. The van der Waals surface area contributed by atoms with Crippen LogP contribution in [0.3, 0.4) is 0 Å². The summed E-state index contributed by atoms with van der Waals surface area (Å²) < 4.78 is 7.02. The second kappa shape index (κ2) is 8.57. The second-order valence-corrected chi connectivity index (χ2v) is 7.11. The molecule has 1 heterocycles. The number of hydrogen-bond acceptors (Lipinski definition) is 6. The van der Waals surface area contributed by atoms with Gasteiger partial charge in [0.1, 0.15) is 11.4 Å². The van der Waals surface area contributed by atoms with Crippen LogP contribution in [0, 0.1) is 10.1 Å². The summed E-state index contributed by atoms with van der Waals surface area (Å²) >= 11 is 1.26. The number of benzene rings is 2. The van der Waals surface area contributed by atoms with Gasteiger partial charge < -0.3 is 10.1 Å². The second-order valence-electron chi connectivity index (χ2n) is 5.80. The molecule has 0 spiro atoms. The summed E-state index contributed by atoms with van der Waals surface area (Å²) in [4.78, 5) is 27.4. The number of nitrogens with zero attached hydrogens (tertiary/aromatic N) is 3. The number of thioether (sulfide) groups is 1. The van der Waals surface area contributed by atoms with Crippen LogP contribution >= 0.6 is 11.8 Å². The summed E-state index contributed by atoms with van der Waals surface area (Å²) in [7, 11) is 1.60. The lowest BCUT2D eigenvalue weighted by molar-refractivity contribution is -0.383. The number of amides is 1. The van der Waals surface area contributed by atoms with Crippen LogP contribution in [0.4, 0.5) is 11.4 Å². The third kappa shape index (κ3) is 4.32. The minimum Gasteiger partial charge on any atom is -0.497 e. The summed E-state index contributed by atoms with van der Waals surface area (Å²) in [6.45, 7) is 1.72. The Balaban J connectivity index is 1.73. The van der Waals surface area contributed by atoms with Crippen LogP contribution in [0.5, 0.6) is 5.75 Å². The van der Waals surface area contributed by atoms with E-state index in [1.807, 2.05) is 28.8 Å². The monoisotopic (exact) mass is 398 g/mol. The number of para-hydroxylation sites is 2. The van der Waals surface area contributed by atoms with E-state index in [9.17, 15) is 14.9 Å². The number of imidazole rings is 1. The molecule has 1 aromatic heterocycles. The maximum absolute atomic E-state index is 12.5. The molecule has 0 aliphatic carbocycles. The van der Waals surface area contributed by atoms with Gasteiger partial charge in [0.15, 0.2) is 5.16 Å². The number of rotatable bonds is 7. The Bertz CT molecular complexity index is 988. The van der Waals surface area contributed by atoms with E-state index in [2.05, 4.69) is 10.3 Å². The van der Waals surface area contributed by atoms with Crippen molar-refractivity contribution in [3.05, 3.63) is 71.0 Å². The number of carbonyl (C=O) groups is 1. The predicted octanol–water partition coefficient (Wildman–Crippen LogP) is 3.91. The van der Waals surface area contributed by atoms with Gasteiger partial charge in [0.2, 0.25) is 5.91 Å². The first-order chi connectivity index (χ1) is 13.5. The minimum absolute atomic E-state index is 0.146. The molecule has 1 amide bonds. The van der Waals surface area contributed by atoms with Crippen molar-refractivity contribution in [3.63, 3.8) is 0 Å². The van der Waals surface area contributed by atoms with E-state index in [1.165, 1.54) is 23.9 Å². The fraction of sp³-hybridized carbons (Fsp3) is 0.158. The number of nitro groups is 1. The molecule has 3 aromatic rings. The van der Waals surface area contributed by atoms with Crippen molar-refractivity contribution in [1.82, 2.24) is 9.55 Å². The molecular formula is C19H18N4O4S. The number of nitrogens with one attached hydrogen (secondary N) is 1. The SMILES string of the molecule is COc1ccc(-n2ccnc2SC(C)C(=O)Nc2ccccc2[N+](=O)[O-])cc1. The molecular weight excluding hydrogens is 380 g/mol. The Morgan fingerprint density at radius 1 is 1.25 bits per heavy atom. The van der Waals surface area contributed by atoms with E-state index in [-0.39, 0.29) is 17.3 Å². The van der Waals surface area contributed by atoms with E-state index < -0.39 is 10.2 Å². The van der Waals surface area contributed by atoms with Gasteiger partial charge >= 0.3 is 0 Å². The van der Waals surface area contributed by atoms with Crippen LogP contribution in [-0.2, 0) is 4.79 Å². The largest absolute Gasteiger partial charge is 0.497 e. The number of ether oxygens (including phenoxy) is 1. The van der Waals surface area contributed by atoms with E-state index in [0.717, 1.165) is 11.4 Å². The fourth-order valence-electron chi connectivity index (χ4n) is 2.50. The predicted molar refractivity (Wildman–Crippen MR) is 107 cm³/mol. The highest BCUT2D eigenvalue weighted by atomic mass is 32.2. The molecule has 1 N–H and O–H groups in total. The summed E-state index contributed by atoms with van der Waals surface area (Å²) in [6.07, 6.45) is 3.45. The summed E-state index contributed by atoms with van der Waals surface area (Å²) in [5.74, 6) is 0.402. The summed E-state index contributed by atoms with van der Waals surface area (Å²) in [5.41, 5.74) is 0.906. The first kappa shape index (κ1) is 19.4. The molecule has 0 aliphatic rings. The molecule has 0 saturated carbocycles. The Kier molecular flexibility index (Phi) is 5.95.